The third-order valence-electron chi connectivity index (χ3n) is 5.09. The van der Waals surface area contributed by atoms with Gasteiger partial charge in [-0.05, 0) is 53.6 Å². The van der Waals surface area contributed by atoms with Crippen LogP contribution in [0.5, 0.6) is 0 Å². The van der Waals surface area contributed by atoms with Gasteiger partial charge in [0.15, 0.2) is 0 Å². The van der Waals surface area contributed by atoms with Gasteiger partial charge >= 0.3 is 0 Å². The number of nitrogens with zero attached hydrogens (tertiary/aromatic N) is 2. The Labute approximate surface area is 134 Å². The van der Waals surface area contributed by atoms with Gasteiger partial charge in [0.25, 0.3) is 0 Å². The van der Waals surface area contributed by atoms with E-state index in [0.717, 1.165) is 12.5 Å². The molecule has 1 aliphatic rings. The number of rotatable bonds is 5. The van der Waals surface area contributed by atoms with Crippen LogP contribution in [-0.4, -0.2) is 36.1 Å². The highest BCUT2D eigenvalue weighted by atomic mass is 32.1. The van der Waals surface area contributed by atoms with E-state index in [1.54, 1.807) is 0 Å². The highest BCUT2D eigenvalue weighted by Gasteiger charge is 2.37. The fourth-order valence-electron chi connectivity index (χ4n) is 3.74. The maximum Gasteiger partial charge on any atom is 0.0900 e. The summed E-state index contributed by atoms with van der Waals surface area (Å²) in [6, 6.07) is 0.394. The van der Waals surface area contributed by atoms with E-state index in [2.05, 4.69) is 57.0 Å². The van der Waals surface area contributed by atoms with E-state index in [-0.39, 0.29) is 0 Å². The Bertz CT molecular complexity index is 469. The molecule has 2 rings (SSSR count). The Balaban J connectivity index is 2.03. The maximum absolute atomic E-state index is 4.56. The minimum Gasteiger partial charge on any atom is -0.308 e. The minimum absolute atomic E-state index is 0.319. The molecular formula is C17H31N3S. The van der Waals surface area contributed by atoms with Crippen molar-refractivity contribution in [2.75, 3.05) is 20.6 Å². The highest BCUT2D eigenvalue weighted by Crippen LogP contribution is 2.36. The Morgan fingerprint density at radius 2 is 2.14 bits per heavy atom. The molecule has 120 valence electrons. The fraction of sp³-hybridized carbons (Fsp3) is 0.824. The van der Waals surface area contributed by atoms with Crippen LogP contribution < -0.4 is 5.32 Å². The molecule has 1 aliphatic carbocycles. The van der Waals surface area contributed by atoms with Gasteiger partial charge in [0.05, 0.1) is 10.7 Å². The van der Waals surface area contributed by atoms with Gasteiger partial charge in [0.2, 0.25) is 0 Å². The second kappa shape index (κ2) is 6.76. The summed E-state index contributed by atoms with van der Waals surface area (Å²) in [5, 5.41) is 4.97. The molecule has 4 heteroatoms. The second-order valence-corrected chi connectivity index (χ2v) is 8.34. The van der Waals surface area contributed by atoms with Crippen molar-refractivity contribution in [2.45, 2.75) is 65.0 Å². The first-order chi connectivity index (χ1) is 9.84. The Kier molecular flexibility index (Phi) is 5.44. The van der Waals surface area contributed by atoms with Crippen molar-refractivity contribution < 1.29 is 0 Å². The van der Waals surface area contributed by atoms with Crippen LogP contribution in [0.4, 0.5) is 0 Å². The highest BCUT2D eigenvalue weighted by molar-refractivity contribution is 7.11. The lowest BCUT2D eigenvalue weighted by Gasteiger charge is -2.46. The van der Waals surface area contributed by atoms with Gasteiger partial charge in [-0.2, -0.15) is 0 Å². The van der Waals surface area contributed by atoms with Crippen LogP contribution in [0.2, 0.25) is 0 Å². The number of hydrogen-bond acceptors (Lipinski definition) is 4. The van der Waals surface area contributed by atoms with Crippen LogP contribution in [-0.2, 0) is 0 Å². The number of hydrogen-bond donors (Lipinski definition) is 1. The summed E-state index contributed by atoms with van der Waals surface area (Å²) < 4.78 is 0. The van der Waals surface area contributed by atoms with Crippen LogP contribution in [0.15, 0.2) is 0 Å². The van der Waals surface area contributed by atoms with Gasteiger partial charge in [0.1, 0.15) is 0 Å². The van der Waals surface area contributed by atoms with E-state index in [1.165, 1.54) is 41.3 Å². The standard InChI is InChI=1S/C17H31N3S/c1-12-8-7-9-17(10-12,20(5)6)11-18-13(2)16-14(3)19-15(4)21-16/h12-13,18H,7-11H2,1-6H3. The van der Waals surface area contributed by atoms with Crippen molar-refractivity contribution in [2.24, 2.45) is 5.92 Å². The summed E-state index contributed by atoms with van der Waals surface area (Å²) in [7, 11) is 4.49. The summed E-state index contributed by atoms with van der Waals surface area (Å²) in [5.41, 5.74) is 1.51. The molecule has 3 unspecified atom stereocenters. The Morgan fingerprint density at radius 1 is 1.43 bits per heavy atom. The molecule has 0 aromatic carbocycles. The smallest absolute Gasteiger partial charge is 0.0900 e. The van der Waals surface area contributed by atoms with Crippen molar-refractivity contribution in [1.29, 1.82) is 0 Å². The first-order valence-corrected chi connectivity index (χ1v) is 9.00. The zero-order chi connectivity index (χ0) is 15.6. The van der Waals surface area contributed by atoms with E-state index in [4.69, 9.17) is 0 Å². The average Bonchev–Trinajstić information content (AvgIpc) is 2.75. The molecule has 21 heavy (non-hydrogen) atoms. The molecule has 0 aliphatic heterocycles. The molecule has 0 spiro atoms. The minimum atomic E-state index is 0.319. The number of nitrogens with one attached hydrogen (secondary N) is 1. The van der Waals surface area contributed by atoms with Gasteiger partial charge in [-0.15, -0.1) is 11.3 Å². The largest absolute Gasteiger partial charge is 0.308 e. The summed E-state index contributed by atoms with van der Waals surface area (Å²) in [6.07, 6.45) is 5.36. The topological polar surface area (TPSA) is 28.2 Å². The zero-order valence-electron chi connectivity index (χ0n) is 14.5. The number of aromatic nitrogens is 1. The first-order valence-electron chi connectivity index (χ1n) is 8.19. The maximum atomic E-state index is 4.56. The van der Waals surface area contributed by atoms with Crippen molar-refractivity contribution in [3.63, 3.8) is 0 Å². The summed E-state index contributed by atoms with van der Waals surface area (Å²) in [5.74, 6) is 0.839. The Hall–Kier alpha value is -0.450. The van der Waals surface area contributed by atoms with E-state index in [9.17, 15) is 0 Å². The molecule has 1 aromatic rings. The molecule has 1 fully saturated rings. The molecule has 1 aromatic heterocycles. The van der Waals surface area contributed by atoms with E-state index >= 15 is 0 Å². The molecule has 1 N–H and O–H groups in total. The van der Waals surface area contributed by atoms with Crippen LogP contribution in [0.3, 0.4) is 0 Å². The SMILES string of the molecule is Cc1nc(C)c(C(C)NCC2(N(C)C)CCCC(C)C2)s1. The van der Waals surface area contributed by atoms with E-state index < -0.39 is 0 Å². The lowest BCUT2D eigenvalue weighted by atomic mass is 9.75. The molecule has 1 heterocycles. The normalized spacial score (nSPS) is 28.0. The molecule has 3 nitrogen and oxygen atoms in total. The predicted octanol–water partition coefficient (Wildman–Crippen LogP) is 3.92. The quantitative estimate of drug-likeness (QED) is 0.893. The molecule has 0 amide bonds. The first kappa shape index (κ1) is 16.9. The Morgan fingerprint density at radius 3 is 2.67 bits per heavy atom. The molecule has 0 bridgehead atoms. The number of aryl methyl sites for hydroxylation is 2. The summed E-state index contributed by atoms with van der Waals surface area (Å²) in [4.78, 5) is 8.40. The molecule has 3 atom stereocenters. The van der Waals surface area contributed by atoms with Crippen LogP contribution >= 0.6 is 11.3 Å². The monoisotopic (exact) mass is 309 g/mol. The van der Waals surface area contributed by atoms with Crippen LogP contribution in [0.1, 0.15) is 61.2 Å². The third kappa shape index (κ3) is 3.85. The third-order valence-corrected chi connectivity index (χ3v) is 6.34. The van der Waals surface area contributed by atoms with Gasteiger partial charge < -0.3 is 10.2 Å². The molecule has 0 radical (unpaired) electrons. The van der Waals surface area contributed by atoms with Crippen molar-refractivity contribution >= 4 is 11.3 Å². The van der Waals surface area contributed by atoms with Crippen LogP contribution in [0, 0.1) is 19.8 Å². The molecule has 1 saturated carbocycles. The van der Waals surface area contributed by atoms with Crippen LogP contribution in [0.25, 0.3) is 0 Å². The molecular weight excluding hydrogens is 278 g/mol. The lowest BCUT2D eigenvalue weighted by molar-refractivity contribution is 0.0729. The van der Waals surface area contributed by atoms with Gasteiger partial charge in [-0.25, -0.2) is 4.98 Å². The molecule has 0 saturated heterocycles. The van der Waals surface area contributed by atoms with Crippen molar-refractivity contribution in [3.05, 3.63) is 15.6 Å². The number of thiazole rings is 1. The lowest BCUT2D eigenvalue weighted by Crippen LogP contribution is -2.54. The predicted molar refractivity (Wildman–Crippen MR) is 92.1 cm³/mol. The van der Waals surface area contributed by atoms with E-state index in [1.807, 2.05) is 11.3 Å². The van der Waals surface area contributed by atoms with Crippen molar-refractivity contribution in [1.82, 2.24) is 15.2 Å². The second-order valence-electron chi connectivity index (χ2n) is 7.11. The summed E-state index contributed by atoms with van der Waals surface area (Å²) >= 11 is 1.83. The van der Waals surface area contributed by atoms with Gasteiger partial charge in [-0.1, -0.05) is 19.8 Å². The fourth-order valence-corrected chi connectivity index (χ4v) is 4.70. The summed E-state index contributed by atoms with van der Waals surface area (Å²) in [6.45, 7) is 9.97. The zero-order valence-corrected chi connectivity index (χ0v) is 15.3. The average molecular weight is 310 g/mol. The van der Waals surface area contributed by atoms with E-state index in [0.29, 0.717) is 11.6 Å². The van der Waals surface area contributed by atoms with Gasteiger partial charge in [-0.3, -0.25) is 0 Å². The van der Waals surface area contributed by atoms with Gasteiger partial charge in [0, 0.05) is 23.0 Å². The number of likely N-dealkylation sites (N-methyl/N-ethyl adjacent to an activating group) is 1. The van der Waals surface area contributed by atoms with Crippen molar-refractivity contribution in [3.8, 4) is 0 Å².